The lowest BCUT2D eigenvalue weighted by atomic mass is 9.85. The van der Waals surface area contributed by atoms with Crippen LogP contribution in [0, 0.1) is 0 Å². The van der Waals surface area contributed by atoms with E-state index >= 15 is 0 Å². The summed E-state index contributed by atoms with van der Waals surface area (Å²) in [6.07, 6.45) is 0.500. The predicted molar refractivity (Wildman–Crippen MR) is 79.6 cm³/mol. The molecule has 2 atom stereocenters. The minimum Gasteiger partial charge on any atom is -0.496 e. The summed E-state index contributed by atoms with van der Waals surface area (Å²) in [5.74, 6) is 0.528. The number of amides is 1. The molecule has 1 aliphatic rings. The van der Waals surface area contributed by atoms with Gasteiger partial charge in [-0.2, -0.15) is 0 Å². The fourth-order valence-corrected chi connectivity index (χ4v) is 3.21. The number of ether oxygens (including phenoxy) is 1. The minimum atomic E-state index is -1.09. The average molecular weight is 332 g/mol. The third kappa shape index (κ3) is 3.09. The van der Waals surface area contributed by atoms with Gasteiger partial charge in [0.1, 0.15) is 12.0 Å². The lowest BCUT2D eigenvalue weighted by Crippen LogP contribution is -2.45. The van der Waals surface area contributed by atoms with Crippen LogP contribution in [0.15, 0.2) is 12.1 Å². The van der Waals surface area contributed by atoms with Gasteiger partial charge in [0, 0.05) is 12.1 Å². The first kappa shape index (κ1) is 15.9. The van der Waals surface area contributed by atoms with Crippen molar-refractivity contribution in [3.8, 4) is 5.75 Å². The molecule has 2 rings (SSSR count). The van der Waals surface area contributed by atoms with Crippen LogP contribution in [-0.2, 0) is 4.79 Å². The number of carbonyl (C=O) groups is 2. The van der Waals surface area contributed by atoms with E-state index in [-0.39, 0.29) is 12.5 Å². The summed E-state index contributed by atoms with van der Waals surface area (Å²) in [7, 11) is 1.53. The molecule has 1 aromatic carbocycles. The van der Waals surface area contributed by atoms with Crippen molar-refractivity contribution in [2.75, 3.05) is 13.7 Å². The van der Waals surface area contributed by atoms with Gasteiger partial charge >= 0.3 is 6.09 Å². The topological polar surface area (TPSA) is 66.8 Å². The Balaban J connectivity index is 2.34. The number of halogens is 2. The number of piperidine rings is 1. The number of methoxy groups -OCH3 is 1. The molecule has 5 nitrogen and oxygen atoms in total. The van der Waals surface area contributed by atoms with Gasteiger partial charge in [-0.15, -0.1) is 0 Å². The standard InChI is InChI=1S/C14H15Cl2NO4/c1-21-11-3-2-10(15)13(16)12(11)8-4-5-17(14(19)20)9(6-8)7-18/h2-3,7-9H,4-6H2,1H3,(H,19,20)/t8-,9+/m1/s1. The SMILES string of the molecule is COc1ccc(Cl)c(Cl)c1[C@@H]1CCN(C(=O)O)[C@H](C=O)C1. The number of benzene rings is 1. The Morgan fingerprint density at radius 2 is 2.19 bits per heavy atom. The molecule has 21 heavy (non-hydrogen) atoms. The first-order chi connectivity index (χ1) is 9.99. The second kappa shape index (κ2) is 6.54. The average Bonchev–Trinajstić information content (AvgIpc) is 2.49. The summed E-state index contributed by atoms with van der Waals surface area (Å²) in [6.45, 7) is 0.273. The molecule has 0 aliphatic carbocycles. The minimum absolute atomic E-state index is 0.0723. The Kier molecular flexibility index (Phi) is 4.96. The molecule has 114 valence electrons. The first-order valence-corrected chi connectivity index (χ1v) is 7.22. The Bertz CT molecular complexity index is 564. The summed E-state index contributed by atoms with van der Waals surface area (Å²) in [4.78, 5) is 23.4. The van der Waals surface area contributed by atoms with Crippen LogP contribution >= 0.6 is 23.2 Å². The van der Waals surface area contributed by atoms with E-state index in [4.69, 9.17) is 33.0 Å². The maximum absolute atomic E-state index is 11.2. The molecule has 1 aliphatic heterocycles. The molecule has 0 spiro atoms. The van der Waals surface area contributed by atoms with Crippen LogP contribution < -0.4 is 4.74 Å². The van der Waals surface area contributed by atoms with Gasteiger partial charge in [-0.25, -0.2) is 4.79 Å². The van der Waals surface area contributed by atoms with Crippen molar-refractivity contribution >= 4 is 35.6 Å². The van der Waals surface area contributed by atoms with Crippen LogP contribution in [-0.4, -0.2) is 42.1 Å². The third-order valence-corrected chi connectivity index (χ3v) is 4.59. The van der Waals surface area contributed by atoms with Crippen molar-refractivity contribution < 1.29 is 19.4 Å². The van der Waals surface area contributed by atoms with Gasteiger partial charge < -0.3 is 14.6 Å². The summed E-state index contributed by atoms with van der Waals surface area (Å²) < 4.78 is 5.32. The second-order valence-electron chi connectivity index (χ2n) is 4.88. The van der Waals surface area contributed by atoms with Gasteiger partial charge in [0.15, 0.2) is 0 Å². The normalized spacial score (nSPS) is 22.0. The van der Waals surface area contributed by atoms with E-state index in [1.54, 1.807) is 12.1 Å². The van der Waals surface area contributed by atoms with Crippen LogP contribution in [0.25, 0.3) is 0 Å². The zero-order valence-corrected chi connectivity index (χ0v) is 12.9. The number of nitrogens with zero attached hydrogens (tertiary/aromatic N) is 1. The van der Waals surface area contributed by atoms with Gasteiger partial charge in [-0.3, -0.25) is 4.90 Å². The lowest BCUT2D eigenvalue weighted by molar-refractivity contribution is -0.113. The van der Waals surface area contributed by atoms with Gasteiger partial charge in [0.25, 0.3) is 0 Å². The van der Waals surface area contributed by atoms with Crippen LogP contribution in [0.1, 0.15) is 24.3 Å². The molecule has 0 unspecified atom stereocenters. The van der Waals surface area contributed by atoms with E-state index in [0.29, 0.717) is 34.9 Å². The molecule has 1 aromatic rings. The highest BCUT2D eigenvalue weighted by molar-refractivity contribution is 6.42. The number of carboxylic acid groups (broad SMARTS) is 1. The number of rotatable bonds is 3. The molecule has 0 aromatic heterocycles. The molecule has 0 radical (unpaired) electrons. The smallest absolute Gasteiger partial charge is 0.407 e. The van der Waals surface area contributed by atoms with Crippen LogP contribution in [0.4, 0.5) is 4.79 Å². The Morgan fingerprint density at radius 3 is 2.76 bits per heavy atom. The van der Waals surface area contributed by atoms with Crippen molar-refractivity contribution in [3.63, 3.8) is 0 Å². The maximum atomic E-state index is 11.2. The van der Waals surface area contributed by atoms with Crippen molar-refractivity contribution in [2.24, 2.45) is 0 Å². The summed E-state index contributed by atoms with van der Waals surface area (Å²) in [5.41, 5.74) is 0.739. The fraction of sp³-hybridized carbons (Fsp3) is 0.429. The number of carbonyl (C=O) groups excluding carboxylic acids is 1. The quantitative estimate of drug-likeness (QED) is 0.861. The van der Waals surface area contributed by atoms with Gasteiger partial charge in [-0.05, 0) is 30.9 Å². The maximum Gasteiger partial charge on any atom is 0.407 e. The Labute approximate surface area is 132 Å². The zero-order chi connectivity index (χ0) is 15.6. The molecule has 1 heterocycles. The lowest BCUT2D eigenvalue weighted by Gasteiger charge is -2.35. The molecule has 1 amide bonds. The van der Waals surface area contributed by atoms with E-state index in [9.17, 15) is 9.59 Å². The summed E-state index contributed by atoms with van der Waals surface area (Å²) >= 11 is 12.3. The first-order valence-electron chi connectivity index (χ1n) is 6.46. The Hall–Kier alpha value is -1.46. The molecule has 1 saturated heterocycles. The van der Waals surface area contributed by atoms with E-state index in [0.717, 1.165) is 10.5 Å². The van der Waals surface area contributed by atoms with Crippen LogP contribution in [0.3, 0.4) is 0 Å². The summed E-state index contributed by atoms with van der Waals surface area (Å²) in [6, 6.07) is 2.69. The highest BCUT2D eigenvalue weighted by Crippen LogP contribution is 2.43. The van der Waals surface area contributed by atoms with Gasteiger partial charge in [0.05, 0.1) is 23.2 Å². The molecule has 1 N–H and O–H groups in total. The molecular weight excluding hydrogens is 317 g/mol. The fourth-order valence-electron chi connectivity index (χ4n) is 2.73. The summed E-state index contributed by atoms with van der Waals surface area (Å²) in [5, 5.41) is 9.90. The number of hydrogen-bond acceptors (Lipinski definition) is 3. The van der Waals surface area contributed by atoms with Crippen molar-refractivity contribution in [3.05, 3.63) is 27.7 Å². The van der Waals surface area contributed by atoms with Crippen molar-refractivity contribution in [1.29, 1.82) is 0 Å². The Morgan fingerprint density at radius 1 is 1.48 bits per heavy atom. The van der Waals surface area contributed by atoms with Gasteiger partial charge in [-0.1, -0.05) is 23.2 Å². The van der Waals surface area contributed by atoms with Crippen LogP contribution in [0.5, 0.6) is 5.75 Å². The van der Waals surface area contributed by atoms with Gasteiger partial charge in [0.2, 0.25) is 0 Å². The largest absolute Gasteiger partial charge is 0.496 e. The van der Waals surface area contributed by atoms with E-state index in [2.05, 4.69) is 0 Å². The monoisotopic (exact) mass is 331 g/mol. The highest BCUT2D eigenvalue weighted by Gasteiger charge is 2.34. The number of aldehydes is 1. The predicted octanol–water partition coefficient (Wildman–Crippen LogP) is 3.43. The number of hydrogen-bond donors (Lipinski definition) is 1. The second-order valence-corrected chi connectivity index (χ2v) is 5.66. The molecular formula is C14H15Cl2NO4. The molecule has 0 saturated carbocycles. The van der Waals surface area contributed by atoms with E-state index in [1.807, 2.05) is 0 Å². The third-order valence-electron chi connectivity index (χ3n) is 3.77. The molecule has 0 bridgehead atoms. The van der Waals surface area contributed by atoms with E-state index < -0.39 is 12.1 Å². The van der Waals surface area contributed by atoms with E-state index in [1.165, 1.54) is 7.11 Å². The van der Waals surface area contributed by atoms with Crippen LogP contribution in [0.2, 0.25) is 10.0 Å². The highest BCUT2D eigenvalue weighted by atomic mass is 35.5. The van der Waals surface area contributed by atoms with Crippen molar-refractivity contribution in [2.45, 2.75) is 24.8 Å². The molecule has 1 fully saturated rings. The number of likely N-dealkylation sites (tertiary alicyclic amines) is 1. The van der Waals surface area contributed by atoms with Crippen molar-refractivity contribution in [1.82, 2.24) is 4.90 Å². The zero-order valence-electron chi connectivity index (χ0n) is 11.4. The molecule has 7 heteroatoms.